The fourth-order valence-electron chi connectivity index (χ4n) is 1.20. The zero-order valence-corrected chi connectivity index (χ0v) is 9.21. The van der Waals surface area contributed by atoms with Gasteiger partial charge in [0.25, 0.3) is 0 Å². The monoisotopic (exact) mass is 197 g/mol. The van der Waals surface area contributed by atoms with Crippen LogP contribution in [0, 0.1) is 12.8 Å². The van der Waals surface area contributed by atoms with Gasteiger partial charge >= 0.3 is 0 Å². The zero-order chi connectivity index (χ0) is 10.4. The molecule has 0 saturated heterocycles. The highest BCUT2D eigenvalue weighted by Gasteiger charge is 2.01. The number of nitrogens with zero attached hydrogens (tertiary/aromatic N) is 2. The molecule has 1 rings (SSSR count). The molecule has 0 spiro atoms. The summed E-state index contributed by atoms with van der Waals surface area (Å²) in [6.45, 7) is 8.33. The van der Waals surface area contributed by atoms with Crippen LogP contribution in [-0.4, -0.2) is 23.2 Å². The molecule has 1 heterocycles. The summed E-state index contributed by atoms with van der Waals surface area (Å²) in [5.74, 6) is 2.17. The lowest BCUT2D eigenvalue weighted by Crippen LogP contribution is -2.21. The SMILES string of the molecule is Cc1noc(CCCNCC(C)C)n1. The summed E-state index contributed by atoms with van der Waals surface area (Å²) in [5.41, 5.74) is 0. The summed E-state index contributed by atoms with van der Waals surface area (Å²) in [6.07, 6.45) is 1.92. The average Bonchev–Trinajstić information content (AvgIpc) is 2.50. The van der Waals surface area contributed by atoms with Crippen LogP contribution < -0.4 is 5.32 Å². The van der Waals surface area contributed by atoms with Gasteiger partial charge in [-0.05, 0) is 32.4 Å². The van der Waals surface area contributed by atoms with E-state index in [0.717, 1.165) is 37.6 Å². The molecule has 0 bridgehead atoms. The Morgan fingerprint density at radius 1 is 1.43 bits per heavy atom. The van der Waals surface area contributed by atoms with Crippen molar-refractivity contribution in [1.82, 2.24) is 15.5 Å². The zero-order valence-electron chi connectivity index (χ0n) is 9.21. The second-order valence-electron chi connectivity index (χ2n) is 3.94. The summed E-state index contributed by atoms with van der Waals surface area (Å²) >= 11 is 0. The molecule has 0 amide bonds. The van der Waals surface area contributed by atoms with Crippen LogP contribution in [0.1, 0.15) is 32.0 Å². The van der Waals surface area contributed by atoms with Crippen molar-refractivity contribution in [3.8, 4) is 0 Å². The molecule has 0 aliphatic heterocycles. The van der Waals surface area contributed by atoms with E-state index in [1.54, 1.807) is 0 Å². The van der Waals surface area contributed by atoms with Crippen molar-refractivity contribution < 1.29 is 4.52 Å². The molecule has 0 saturated carbocycles. The number of hydrogen-bond donors (Lipinski definition) is 1. The Bertz CT molecular complexity index is 258. The van der Waals surface area contributed by atoms with Gasteiger partial charge in [-0.3, -0.25) is 0 Å². The topological polar surface area (TPSA) is 51.0 Å². The first-order chi connectivity index (χ1) is 6.68. The first-order valence-corrected chi connectivity index (χ1v) is 5.18. The van der Waals surface area contributed by atoms with Crippen LogP contribution in [0.15, 0.2) is 4.52 Å². The van der Waals surface area contributed by atoms with Gasteiger partial charge in [0.05, 0.1) is 0 Å². The molecule has 0 aliphatic carbocycles. The van der Waals surface area contributed by atoms with Crippen LogP contribution in [0.4, 0.5) is 0 Å². The van der Waals surface area contributed by atoms with E-state index in [4.69, 9.17) is 4.52 Å². The van der Waals surface area contributed by atoms with Gasteiger partial charge in [0.15, 0.2) is 5.82 Å². The lowest BCUT2D eigenvalue weighted by atomic mass is 10.2. The number of aryl methyl sites for hydroxylation is 2. The highest BCUT2D eigenvalue weighted by Crippen LogP contribution is 1.99. The van der Waals surface area contributed by atoms with E-state index in [9.17, 15) is 0 Å². The van der Waals surface area contributed by atoms with E-state index in [1.165, 1.54) is 0 Å². The molecular weight excluding hydrogens is 178 g/mol. The van der Waals surface area contributed by atoms with Gasteiger partial charge in [-0.25, -0.2) is 0 Å². The predicted molar refractivity (Wildman–Crippen MR) is 55.1 cm³/mol. The second-order valence-corrected chi connectivity index (χ2v) is 3.94. The minimum atomic E-state index is 0.709. The second kappa shape index (κ2) is 5.75. The lowest BCUT2D eigenvalue weighted by Gasteiger charge is -2.05. The number of aromatic nitrogens is 2. The van der Waals surface area contributed by atoms with Crippen molar-refractivity contribution in [2.75, 3.05) is 13.1 Å². The van der Waals surface area contributed by atoms with Gasteiger partial charge in [0, 0.05) is 6.42 Å². The Kier molecular flexibility index (Phi) is 4.59. The van der Waals surface area contributed by atoms with Crippen LogP contribution in [-0.2, 0) is 6.42 Å². The molecule has 80 valence electrons. The minimum Gasteiger partial charge on any atom is -0.339 e. The van der Waals surface area contributed by atoms with Crippen LogP contribution in [0.2, 0.25) is 0 Å². The molecule has 0 aliphatic rings. The highest BCUT2D eigenvalue weighted by atomic mass is 16.5. The Hall–Kier alpha value is -0.900. The first kappa shape index (κ1) is 11.2. The predicted octanol–water partition coefficient (Wildman–Crippen LogP) is 1.56. The summed E-state index contributed by atoms with van der Waals surface area (Å²) in [7, 11) is 0. The van der Waals surface area contributed by atoms with Crippen molar-refractivity contribution in [3.05, 3.63) is 11.7 Å². The number of rotatable bonds is 6. The summed E-state index contributed by atoms with van der Waals surface area (Å²) < 4.78 is 5.00. The molecule has 0 atom stereocenters. The molecule has 4 nitrogen and oxygen atoms in total. The summed E-state index contributed by atoms with van der Waals surface area (Å²) in [5, 5.41) is 7.11. The Labute approximate surface area is 85.1 Å². The van der Waals surface area contributed by atoms with E-state index in [2.05, 4.69) is 29.3 Å². The molecule has 0 radical (unpaired) electrons. The third-order valence-corrected chi connectivity index (χ3v) is 1.87. The fourth-order valence-corrected chi connectivity index (χ4v) is 1.20. The van der Waals surface area contributed by atoms with Crippen molar-refractivity contribution >= 4 is 0 Å². The maximum absolute atomic E-state index is 5.00. The number of nitrogens with one attached hydrogen (secondary N) is 1. The van der Waals surface area contributed by atoms with Crippen LogP contribution in [0.25, 0.3) is 0 Å². The molecule has 1 aromatic rings. The van der Waals surface area contributed by atoms with Gasteiger partial charge in [0.1, 0.15) is 0 Å². The largest absolute Gasteiger partial charge is 0.339 e. The average molecular weight is 197 g/mol. The molecule has 4 heteroatoms. The van der Waals surface area contributed by atoms with E-state index in [-0.39, 0.29) is 0 Å². The van der Waals surface area contributed by atoms with Crippen LogP contribution in [0.5, 0.6) is 0 Å². The van der Waals surface area contributed by atoms with Crippen LogP contribution >= 0.6 is 0 Å². The third-order valence-electron chi connectivity index (χ3n) is 1.87. The van der Waals surface area contributed by atoms with Crippen LogP contribution in [0.3, 0.4) is 0 Å². The van der Waals surface area contributed by atoms with Gasteiger partial charge in [-0.2, -0.15) is 4.98 Å². The lowest BCUT2D eigenvalue weighted by molar-refractivity contribution is 0.370. The molecule has 14 heavy (non-hydrogen) atoms. The van der Waals surface area contributed by atoms with Crippen molar-refractivity contribution in [2.24, 2.45) is 5.92 Å². The maximum atomic E-state index is 5.00. The van der Waals surface area contributed by atoms with E-state index >= 15 is 0 Å². The molecule has 0 aromatic carbocycles. The Morgan fingerprint density at radius 3 is 2.79 bits per heavy atom. The van der Waals surface area contributed by atoms with E-state index < -0.39 is 0 Å². The van der Waals surface area contributed by atoms with E-state index in [0.29, 0.717) is 5.92 Å². The number of hydrogen-bond acceptors (Lipinski definition) is 4. The summed E-state index contributed by atoms with van der Waals surface area (Å²) in [6, 6.07) is 0. The third kappa shape index (κ3) is 4.37. The molecule has 0 fully saturated rings. The van der Waals surface area contributed by atoms with Gasteiger partial charge < -0.3 is 9.84 Å². The Morgan fingerprint density at radius 2 is 2.21 bits per heavy atom. The molecule has 1 N–H and O–H groups in total. The smallest absolute Gasteiger partial charge is 0.226 e. The molecular formula is C10H19N3O. The van der Waals surface area contributed by atoms with Gasteiger partial charge in [0.2, 0.25) is 5.89 Å². The van der Waals surface area contributed by atoms with Crippen molar-refractivity contribution in [1.29, 1.82) is 0 Å². The van der Waals surface area contributed by atoms with E-state index in [1.807, 2.05) is 6.92 Å². The quantitative estimate of drug-likeness (QED) is 0.703. The Balaban J connectivity index is 2.04. The first-order valence-electron chi connectivity index (χ1n) is 5.18. The van der Waals surface area contributed by atoms with Crippen molar-refractivity contribution in [2.45, 2.75) is 33.6 Å². The normalized spacial score (nSPS) is 11.1. The molecule has 0 unspecified atom stereocenters. The highest BCUT2D eigenvalue weighted by molar-refractivity contribution is 4.82. The summed E-state index contributed by atoms with van der Waals surface area (Å²) in [4.78, 5) is 4.14. The van der Waals surface area contributed by atoms with Crippen molar-refractivity contribution in [3.63, 3.8) is 0 Å². The maximum Gasteiger partial charge on any atom is 0.226 e. The molecule has 1 aromatic heterocycles. The minimum absolute atomic E-state index is 0.709. The van der Waals surface area contributed by atoms with Gasteiger partial charge in [-0.1, -0.05) is 19.0 Å². The van der Waals surface area contributed by atoms with Gasteiger partial charge in [-0.15, -0.1) is 0 Å². The standard InChI is InChI=1S/C10H19N3O/c1-8(2)7-11-6-4-5-10-12-9(3)13-14-10/h8,11H,4-7H2,1-3H3. The fraction of sp³-hybridized carbons (Fsp3) is 0.800.